The molecule has 1 aromatic carbocycles. The molecule has 0 heterocycles. The SMILES string of the molecule is COCCCOc1cccc(F)c1C(=O)O. The predicted molar refractivity (Wildman–Crippen MR) is 55.3 cm³/mol. The molecule has 0 bridgehead atoms. The number of hydrogen-bond donors (Lipinski definition) is 1. The zero-order valence-electron chi connectivity index (χ0n) is 8.90. The fraction of sp³-hybridized carbons (Fsp3) is 0.364. The van der Waals surface area contributed by atoms with Crippen molar-refractivity contribution in [3.05, 3.63) is 29.6 Å². The Morgan fingerprint density at radius 3 is 2.81 bits per heavy atom. The quantitative estimate of drug-likeness (QED) is 0.756. The van der Waals surface area contributed by atoms with Crippen LogP contribution in [0.5, 0.6) is 5.75 Å². The van der Waals surface area contributed by atoms with Gasteiger partial charge in [0.05, 0.1) is 6.61 Å². The lowest BCUT2D eigenvalue weighted by Crippen LogP contribution is -2.08. The summed E-state index contributed by atoms with van der Waals surface area (Å²) in [6.07, 6.45) is 0.617. The second-order valence-electron chi connectivity index (χ2n) is 3.11. The first kappa shape index (κ1) is 12.4. The van der Waals surface area contributed by atoms with Gasteiger partial charge in [-0.05, 0) is 12.1 Å². The molecule has 0 aliphatic rings. The first-order chi connectivity index (χ1) is 7.66. The molecule has 0 amide bonds. The first-order valence-electron chi connectivity index (χ1n) is 4.80. The average Bonchev–Trinajstić information content (AvgIpc) is 2.24. The number of carboxylic acids is 1. The summed E-state index contributed by atoms with van der Waals surface area (Å²) in [6.45, 7) is 0.801. The molecule has 0 saturated carbocycles. The van der Waals surface area contributed by atoms with Crippen molar-refractivity contribution < 1.29 is 23.8 Å². The number of hydrogen-bond acceptors (Lipinski definition) is 3. The van der Waals surface area contributed by atoms with Gasteiger partial charge in [-0.15, -0.1) is 0 Å². The lowest BCUT2D eigenvalue weighted by atomic mass is 10.2. The number of ether oxygens (including phenoxy) is 2. The van der Waals surface area contributed by atoms with E-state index in [1.54, 1.807) is 7.11 Å². The van der Waals surface area contributed by atoms with Crippen LogP contribution in [0.4, 0.5) is 4.39 Å². The average molecular weight is 228 g/mol. The van der Waals surface area contributed by atoms with Gasteiger partial charge in [0.15, 0.2) is 0 Å². The maximum Gasteiger partial charge on any atom is 0.342 e. The van der Waals surface area contributed by atoms with E-state index in [0.717, 1.165) is 6.07 Å². The lowest BCUT2D eigenvalue weighted by Gasteiger charge is -2.09. The molecule has 0 radical (unpaired) electrons. The standard InChI is InChI=1S/C11H13FO4/c1-15-6-3-7-16-9-5-2-4-8(12)10(9)11(13)14/h2,4-5H,3,6-7H2,1H3,(H,13,14). The van der Waals surface area contributed by atoms with Crippen molar-refractivity contribution in [2.24, 2.45) is 0 Å². The van der Waals surface area contributed by atoms with Crippen LogP contribution in [0, 0.1) is 5.82 Å². The molecule has 0 unspecified atom stereocenters. The van der Waals surface area contributed by atoms with Gasteiger partial charge in [-0.1, -0.05) is 6.07 Å². The molecule has 0 aliphatic heterocycles. The minimum absolute atomic E-state index is 0.0450. The number of carbonyl (C=O) groups is 1. The molecule has 4 nitrogen and oxygen atoms in total. The van der Waals surface area contributed by atoms with Crippen molar-refractivity contribution in [3.63, 3.8) is 0 Å². The van der Waals surface area contributed by atoms with E-state index in [1.807, 2.05) is 0 Å². The molecule has 5 heteroatoms. The van der Waals surface area contributed by atoms with Crippen LogP contribution in [0.15, 0.2) is 18.2 Å². The summed E-state index contributed by atoms with van der Waals surface area (Å²) in [7, 11) is 1.56. The second-order valence-corrected chi connectivity index (χ2v) is 3.11. The highest BCUT2D eigenvalue weighted by molar-refractivity contribution is 5.91. The van der Waals surface area contributed by atoms with Crippen LogP contribution >= 0.6 is 0 Å². The van der Waals surface area contributed by atoms with Crippen LogP contribution in [0.2, 0.25) is 0 Å². The van der Waals surface area contributed by atoms with Gasteiger partial charge in [0.2, 0.25) is 0 Å². The van der Waals surface area contributed by atoms with E-state index in [9.17, 15) is 9.18 Å². The van der Waals surface area contributed by atoms with E-state index in [4.69, 9.17) is 14.6 Å². The number of benzene rings is 1. The Bertz CT molecular complexity index is 365. The van der Waals surface area contributed by atoms with E-state index in [1.165, 1.54) is 12.1 Å². The zero-order chi connectivity index (χ0) is 12.0. The van der Waals surface area contributed by atoms with Crippen molar-refractivity contribution in [1.82, 2.24) is 0 Å². The summed E-state index contributed by atoms with van der Waals surface area (Å²) in [5.74, 6) is -2.08. The summed E-state index contributed by atoms with van der Waals surface area (Å²) >= 11 is 0. The summed E-state index contributed by atoms with van der Waals surface area (Å²) < 4.78 is 23.2. The summed E-state index contributed by atoms with van der Waals surface area (Å²) in [4.78, 5) is 10.8. The number of methoxy groups -OCH3 is 1. The molecular formula is C11H13FO4. The highest BCUT2D eigenvalue weighted by atomic mass is 19.1. The largest absolute Gasteiger partial charge is 0.492 e. The summed E-state index contributed by atoms with van der Waals surface area (Å²) in [5, 5.41) is 8.80. The van der Waals surface area contributed by atoms with Crippen LogP contribution in [-0.4, -0.2) is 31.4 Å². The molecule has 0 fully saturated rings. The number of carboxylic acid groups (broad SMARTS) is 1. The van der Waals surface area contributed by atoms with E-state index < -0.39 is 17.3 Å². The number of aromatic carboxylic acids is 1. The monoisotopic (exact) mass is 228 g/mol. The van der Waals surface area contributed by atoms with E-state index in [-0.39, 0.29) is 12.4 Å². The minimum atomic E-state index is -1.33. The third kappa shape index (κ3) is 3.20. The van der Waals surface area contributed by atoms with Crippen LogP contribution in [0.3, 0.4) is 0 Å². The van der Waals surface area contributed by atoms with Crippen LogP contribution in [-0.2, 0) is 4.74 Å². The molecule has 16 heavy (non-hydrogen) atoms. The number of rotatable bonds is 6. The Balaban J connectivity index is 2.71. The zero-order valence-corrected chi connectivity index (χ0v) is 8.90. The molecule has 1 rings (SSSR count). The van der Waals surface area contributed by atoms with Gasteiger partial charge in [-0.3, -0.25) is 0 Å². The Hall–Kier alpha value is -1.62. The number of halogens is 1. The van der Waals surface area contributed by atoms with E-state index in [2.05, 4.69) is 0 Å². The molecule has 0 saturated heterocycles. The van der Waals surface area contributed by atoms with Gasteiger partial charge in [-0.25, -0.2) is 9.18 Å². The van der Waals surface area contributed by atoms with Crippen molar-refractivity contribution in [1.29, 1.82) is 0 Å². The van der Waals surface area contributed by atoms with Gasteiger partial charge >= 0.3 is 5.97 Å². The van der Waals surface area contributed by atoms with Crippen molar-refractivity contribution in [2.75, 3.05) is 20.3 Å². The smallest absolute Gasteiger partial charge is 0.342 e. The highest BCUT2D eigenvalue weighted by Gasteiger charge is 2.16. The maximum atomic E-state index is 13.2. The Morgan fingerprint density at radius 2 is 2.19 bits per heavy atom. The molecule has 0 aliphatic carbocycles. The fourth-order valence-electron chi connectivity index (χ4n) is 1.22. The normalized spacial score (nSPS) is 10.1. The maximum absolute atomic E-state index is 13.2. The predicted octanol–water partition coefficient (Wildman–Crippen LogP) is 1.94. The molecule has 1 N–H and O–H groups in total. The van der Waals surface area contributed by atoms with Crippen molar-refractivity contribution in [2.45, 2.75) is 6.42 Å². The van der Waals surface area contributed by atoms with Gasteiger partial charge in [0.1, 0.15) is 17.1 Å². The molecule has 1 aromatic rings. The Labute approximate surface area is 92.6 Å². The summed E-state index contributed by atoms with van der Waals surface area (Å²) in [5.41, 5.74) is -0.431. The Kier molecular flexibility index (Phi) is 4.72. The minimum Gasteiger partial charge on any atom is -0.492 e. The van der Waals surface area contributed by atoms with E-state index >= 15 is 0 Å². The van der Waals surface area contributed by atoms with Gasteiger partial charge in [0, 0.05) is 20.1 Å². The van der Waals surface area contributed by atoms with Crippen molar-refractivity contribution in [3.8, 4) is 5.75 Å². The van der Waals surface area contributed by atoms with Crippen LogP contribution < -0.4 is 4.74 Å². The first-order valence-corrected chi connectivity index (χ1v) is 4.80. The molecule has 0 atom stereocenters. The molecule has 0 aromatic heterocycles. The molecular weight excluding hydrogens is 215 g/mol. The second kappa shape index (κ2) is 6.07. The Morgan fingerprint density at radius 1 is 1.44 bits per heavy atom. The fourth-order valence-corrected chi connectivity index (χ4v) is 1.22. The lowest BCUT2D eigenvalue weighted by molar-refractivity contribution is 0.0686. The topological polar surface area (TPSA) is 55.8 Å². The van der Waals surface area contributed by atoms with E-state index in [0.29, 0.717) is 13.0 Å². The molecule has 88 valence electrons. The third-order valence-electron chi connectivity index (χ3n) is 1.94. The van der Waals surface area contributed by atoms with Gasteiger partial charge in [-0.2, -0.15) is 0 Å². The van der Waals surface area contributed by atoms with Gasteiger partial charge < -0.3 is 14.6 Å². The van der Waals surface area contributed by atoms with Crippen LogP contribution in [0.1, 0.15) is 16.8 Å². The van der Waals surface area contributed by atoms with Crippen LogP contribution in [0.25, 0.3) is 0 Å². The highest BCUT2D eigenvalue weighted by Crippen LogP contribution is 2.21. The third-order valence-corrected chi connectivity index (χ3v) is 1.94. The van der Waals surface area contributed by atoms with Crippen molar-refractivity contribution >= 4 is 5.97 Å². The summed E-state index contributed by atoms with van der Waals surface area (Å²) in [6, 6.07) is 3.93. The molecule has 0 spiro atoms. The van der Waals surface area contributed by atoms with Gasteiger partial charge in [0.25, 0.3) is 0 Å².